The smallest absolute Gasteiger partial charge is 0.271 e. The van der Waals surface area contributed by atoms with Gasteiger partial charge in [0.1, 0.15) is 0 Å². The maximum Gasteiger partial charge on any atom is 0.271 e. The first-order valence-electron chi connectivity index (χ1n) is 8.60. The van der Waals surface area contributed by atoms with Gasteiger partial charge in [-0.25, -0.2) is 5.43 Å². The summed E-state index contributed by atoms with van der Waals surface area (Å²) in [4.78, 5) is 24.5. The number of amides is 2. The van der Waals surface area contributed by atoms with Crippen LogP contribution in [0, 0.1) is 0 Å². The van der Waals surface area contributed by atoms with E-state index < -0.39 is 0 Å². The summed E-state index contributed by atoms with van der Waals surface area (Å²) in [6.07, 6.45) is 0. The summed E-state index contributed by atoms with van der Waals surface area (Å²) in [6.45, 7) is 1.77. The molecule has 2 N–H and O–H groups in total. The van der Waals surface area contributed by atoms with E-state index in [4.69, 9.17) is 11.6 Å². The van der Waals surface area contributed by atoms with Gasteiger partial charge in [-0.05, 0) is 55.0 Å². The van der Waals surface area contributed by atoms with Crippen LogP contribution in [0.4, 0.5) is 5.69 Å². The molecule has 0 unspecified atom stereocenters. The molecule has 28 heavy (non-hydrogen) atoms. The fourth-order valence-electron chi connectivity index (χ4n) is 2.51. The molecule has 3 aromatic rings. The van der Waals surface area contributed by atoms with Gasteiger partial charge in [0.05, 0.1) is 5.71 Å². The molecule has 0 saturated heterocycles. The van der Waals surface area contributed by atoms with Crippen molar-refractivity contribution >= 4 is 34.8 Å². The van der Waals surface area contributed by atoms with Gasteiger partial charge in [0.25, 0.3) is 11.8 Å². The van der Waals surface area contributed by atoms with E-state index in [1.165, 1.54) is 0 Å². The lowest BCUT2D eigenvalue weighted by Gasteiger charge is -2.08. The maximum atomic E-state index is 12.3. The molecule has 0 fully saturated rings. The lowest BCUT2D eigenvalue weighted by molar-refractivity contribution is 0.0954. The van der Waals surface area contributed by atoms with Gasteiger partial charge in [-0.2, -0.15) is 5.10 Å². The molecule has 0 spiro atoms. The van der Waals surface area contributed by atoms with E-state index in [-0.39, 0.29) is 11.8 Å². The lowest BCUT2D eigenvalue weighted by atomic mass is 10.1. The minimum absolute atomic E-state index is 0.193. The highest BCUT2D eigenvalue weighted by atomic mass is 35.5. The van der Waals surface area contributed by atoms with Gasteiger partial charge in [0.2, 0.25) is 0 Å². The Morgan fingerprint density at radius 3 is 2.21 bits per heavy atom. The van der Waals surface area contributed by atoms with Crippen molar-refractivity contribution in [3.63, 3.8) is 0 Å². The fourth-order valence-corrected chi connectivity index (χ4v) is 2.70. The van der Waals surface area contributed by atoms with Gasteiger partial charge in [-0.1, -0.05) is 48.0 Å². The van der Waals surface area contributed by atoms with Crippen molar-refractivity contribution in [3.8, 4) is 0 Å². The van der Waals surface area contributed by atoms with Crippen molar-refractivity contribution in [3.05, 3.63) is 101 Å². The highest BCUT2D eigenvalue weighted by molar-refractivity contribution is 6.31. The first kappa shape index (κ1) is 19.3. The Labute approximate surface area is 168 Å². The maximum absolute atomic E-state index is 12.3. The molecule has 2 amide bonds. The van der Waals surface area contributed by atoms with Gasteiger partial charge in [-0.15, -0.1) is 0 Å². The molecule has 0 atom stereocenters. The fraction of sp³-hybridized carbons (Fsp3) is 0.0455. The normalized spacial score (nSPS) is 11.0. The van der Waals surface area contributed by atoms with Crippen molar-refractivity contribution in [2.75, 3.05) is 5.32 Å². The number of benzene rings is 3. The van der Waals surface area contributed by atoms with E-state index in [2.05, 4.69) is 15.8 Å². The van der Waals surface area contributed by atoms with Gasteiger partial charge in [0, 0.05) is 21.8 Å². The van der Waals surface area contributed by atoms with Crippen LogP contribution in [0.3, 0.4) is 0 Å². The molecule has 0 aliphatic carbocycles. The van der Waals surface area contributed by atoms with Crippen molar-refractivity contribution in [2.45, 2.75) is 6.92 Å². The van der Waals surface area contributed by atoms with E-state index in [0.29, 0.717) is 27.5 Å². The number of hydrogen-bond acceptors (Lipinski definition) is 3. The third-order valence-electron chi connectivity index (χ3n) is 3.99. The molecule has 0 aliphatic rings. The van der Waals surface area contributed by atoms with Gasteiger partial charge in [0.15, 0.2) is 0 Å². The first-order chi connectivity index (χ1) is 13.5. The molecule has 3 rings (SSSR count). The summed E-state index contributed by atoms with van der Waals surface area (Å²) in [6, 6.07) is 22.9. The number of halogens is 1. The topological polar surface area (TPSA) is 70.6 Å². The molecular formula is C22H18ClN3O2. The molecule has 3 aromatic carbocycles. The molecule has 0 heterocycles. The number of hydrazone groups is 1. The van der Waals surface area contributed by atoms with Crippen molar-refractivity contribution in [1.82, 2.24) is 5.43 Å². The quantitative estimate of drug-likeness (QED) is 0.487. The second-order valence-corrected chi connectivity index (χ2v) is 6.49. The molecule has 0 saturated carbocycles. The largest absolute Gasteiger partial charge is 0.322 e. The van der Waals surface area contributed by atoms with Crippen LogP contribution in [0.2, 0.25) is 5.02 Å². The molecule has 140 valence electrons. The van der Waals surface area contributed by atoms with Crippen LogP contribution in [0.15, 0.2) is 84.0 Å². The van der Waals surface area contributed by atoms with Crippen LogP contribution in [0.1, 0.15) is 33.2 Å². The minimum atomic E-state index is -0.351. The van der Waals surface area contributed by atoms with Crippen molar-refractivity contribution in [1.29, 1.82) is 0 Å². The Morgan fingerprint density at radius 2 is 1.46 bits per heavy atom. The summed E-state index contributed by atoms with van der Waals surface area (Å²) in [7, 11) is 0. The van der Waals surface area contributed by atoms with Crippen LogP contribution in [-0.4, -0.2) is 17.5 Å². The van der Waals surface area contributed by atoms with Crippen molar-refractivity contribution < 1.29 is 9.59 Å². The number of rotatable bonds is 5. The van der Waals surface area contributed by atoms with Crippen LogP contribution in [0.25, 0.3) is 0 Å². The highest BCUT2D eigenvalue weighted by Crippen LogP contribution is 2.14. The second kappa shape index (κ2) is 8.97. The molecular weight excluding hydrogens is 374 g/mol. The standard InChI is InChI=1S/C22H18ClN3O2/c1-15(25-26-22(28)18-10-5-11-19(23)13-18)17-9-6-12-20(14-17)24-21(27)16-7-3-2-4-8-16/h2-14H,1H3,(H,24,27)(H,26,28)/b25-15-. The predicted octanol–water partition coefficient (Wildman–Crippen LogP) is 4.75. The molecule has 0 aliphatic heterocycles. The van der Waals surface area contributed by atoms with Crippen LogP contribution in [-0.2, 0) is 0 Å². The Balaban J connectivity index is 1.69. The third kappa shape index (κ3) is 5.05. The van der Waals surface area contributed by atoms with E-state index in [1.54, 1.807) is 55.5 Å². The predicted molar refractivity (Wildman–Crippen MR) is 112 cm³/mol. The number of carbonyl (C=O) groups excluding carboxylic acids is 2. The number of anilines is 1. The average Bonchev–Trinajstić information content (AvgIpc) is 2.72. The summed E-state index contributed by atoms with van der Waals surface area (Å²) in [5.41, 5.74) is 5.53. The monoisotopic (exact) mass is 391 g/mol. The Bertz CT molecular complexity index is 1030. The minimum Gasteiger partial charge on any atom is -0.322 e. The summed E-state index contributed by atoms with van der Waals surface area (Å²) in [5.74, 6) is -0.544. The molecule has 6 heteroatoms. The number of hydrogen-bond donors (Lipinski definition) is 2. The SMILES string of the molecule is C/C(=N/NC(=O)c1cccc(Cl)c1)c1cccc(NC(=O)c2ccccc2)c1. The van der Waals surface area contributed by atoms with E-state index >= 15 is 0 Å². The van der Waals surface area contributed by atoms with Crippen LogP contribution < -0.4 is 10.7 Å². The Hall–Kier alpha value is -3.44. The van der Waals surface area contributed by atoms with E-state index in [1.807, 2.05) is 30.3 Å². The van der Waals surface area contributed by atoms with Crippen molar-refractivity contribution in [2.24, 2.45) is 5.10 Å². The molecule has 0 bridgehead atoms. The van der Waals surface area contributed by atoms with E-state index in [0.717, 1.165) is 5.56 Å². The highest BCUT2D eigenvalue weighted by Gasteiger charge is 2.08. The van der Waals surface area contributed by atoms with Crippen LogP contribution in [0.5, 0.6) is 0 Å². The third-order valence-corrected chi connectivity index (χ3v) is 4.22. The number of carbonyl (C=O) groups is 2. The summed E-state index contributed by atoms with van der Waals surface area (Å²) < 4.78 is 0. The van der Waals surface area contributed by atoms with Crippen LogP contribution >= 0.6 is 11.6 Å². The van der Waals surface area contributed by atoms with Gasteiger partial charge in [-0.3, -0.25) is 9.59 Å². The zero-order valence-electron chi connectivity index (χ0n) is 15.1. The number of nitrogens with one attached hydrogen (secondary N) is 2. The number of nitrogens with zero attached hydrogens (tertiary/aromatic N) is 1. The lowest BCUT2D eigenvalue weighted by Crippen LogP contribution is -2.19. The molecule has 5 nitrogen and oxygen atoms in total. The molecule has 0 radical (unpaired) electrons. The zero-order valence-corrected chi connectivity index (χ0v) is 15.9. The zero-order chi connectivity index (χ0) is 19.9. The van der Waals surface area contributed by atoms with Gasteiger partial charge >= 0.3 is 0 Å². The first-order valence-corrected chi connectivity index (χ1v) is 8.98. The van der Waals surface area contributed by atoms with Gasteiger partial charge < -0.3 is 5.32 Å². The average molecular weight is 392 g/mol. The molecule has 0 aromatic heterocycles. The summed E-state index contributed by atoms with van der Waals surface area (Å²) in [5, 5.41) is 7.48. The summed E-state index contributed by atoms with van der Waals surface area (Å²) >= 11 is 5.90. The second-order valence-electron chi connectivity index (χ2n) is 6.05. The Morgan fingerprint density at radius 1 is 0.786 bits per heavy atom. The van der Waals surface area contributed by atoms with E-state index in [9.17, 15) is 9.59 Å². The Kier molecular flexibility index (Phi) is 6.19.